The van der Waals surface area contributed by atoms with Gasteiger partial charge in [-0.3, -0.25) is 9.80 Å². The summed E-state index contributed by atoms with van der Waals surface area (Å²) in [5.74, 6) is 0. The molecule has 1 aliphatic rings. The monoisotopic (exact) mass is 414 g/mol. The molecule has 0 amide bonds. The van der Waals surface area contributed by atoms with Gasteiger partial charge in [0.25, 0.3) is 0 Å². The zero-order valence-corrected chi connectivity index (χ0v) is 18.9. The molecule has 0 spiro atoms. The lowest BCUT2D eigenvalue weighted by Crippen LogP contribution is -2.47. The van der Waals surface area contributed by atoms with E-state index in [1.807, 2.05) is 0 Å². The Kier molecular flexibility index (Phi) is 7.12. The van der Waals surface area contributed by atoms with Gasteiger partial charge in [0, 0.05) is 32.7 Å². The van der Waals surface area contributed by atoms with Crippen molar-refractivity contribution in [3.63, 3.8) is 0 Å². The van der Waals surface area contributed by atoms with Crippen LogP contribution in [0, 0.1) is 6.92 Å². The molecule has 0 N–H and O–H groups in total. The molecule has 30 heavy (non-hydrogen) atoms. The molecule has 3 aromatic carbocycles. The van der Waals surface area contributed by atoms with Crippen molar-refractivity contribution in [2.45, 2.75) is 13.0 Å². The summed E-state index contributed by atoms with van der Waals surface area (Å²) in [6.07, 6.45) is 4.52. The van der Waals surface area contributed by atoms with Gasteiger partial charge >= 0.3 is 0 Å². The fourth-order valence-electron chi connectivity index (χ4n) is 4.15. The normalized spacial score (nSPS) is 16.7. The smallest absolute Gasteiger partial charge is 0.0602 e. The Hall–Kier alpha value is -2.25. The van der Waals surface area contributed by atoms with Gasteiger partial charge in [-0.1, -0.05) is 96.6 Å². The van der Waals surface area contributed by atoms with Gasteiger partial charge in [0.15, 0.2) is 0 Å². The van der Waals surface area contributed by atoms with E-state index in [0.29, 0.717) is 6.04 Å². The van der Waals surface area contributed by atoms with Crippen molar-refractivity contribution in [3.8, 4) is 0 Å². The quantitative estimate of drug-likeness (QED) is 0.529. The van der Waals surface area contributed by atoms with Gasteiger partial charge in [-0.25, -0.2) is 0 Å². The average molecular weight is 415 g/mol. The average Bonchev–Trinajstić information content (AvgIpc) is 2.78. The SMILES string of the molecule is Cc1ccc(C(c2ccc(P)cc2)N2CCN(C/C=C/c3ccccc3)CC2)cc1. The second kappa shape index (κ2) is 10.2. The topological polar surface area (TPSA) is 6.48 Å². The van der Waals surface area contributed by atoms with Gasteiger partial charge in [0.1, 0.15) is 0 Å². The predicted octanol–water partition coefficient (Wildman–Crippen LogP) is 4.92. The van der Waals surface area contributed by atoms with Crippen molar-refractivity contribution in [1.82, 2.24) is 9.80 Å². The Morgan fingerprint density at radius 2 is 1.40 bits per heavy atom. The second-order valence-electron chi connectivity index (χ2n) is 8.13. The summed E-state index contributed by atoms with van der Waals surface area (Å²) in [6, 6.07) is 28.9. The Balaban J connectivity index is 1.43. The lowest BCUT2D eigenvalue weighted by Gasteiger charge is -2.39. The van der Waals surface area contributed by atoms with Crippen LogP contribution < -0.4 is 5.30 Å². The van der Waals surface area contributed by atoms with Crippen LogP contribution in [0.5, 0.6) is 0 Å². The Morgan fingerprint density at radius 3 is 2.03 bits per heavy atom. The maximum atomic E-state index is 2.79. The third-order valence-electron chi connectivity index (χ3n) is 5.89. The molecule has 2 nitrogen and oxygen atoms in total. The number of benzene rings is 3. The van der Waals surface area contributed by atoms with Crippen molar-refractivity contribution >= 4 is 20.6 Å². The molecule has 3 aromatic rings. The number of piperazine rings is 1. The Labute approximate surface area is 183 Å². The molecule has 0 radical (unpaired) electrons. The van der Waals surface area contributed by atoms with Crippen LogP contribution in [0.4, 0.5) is 0 Å². The van der Waals surface area contributed by atoms with Crippen molar-refractivity contribution in [3.05, 3.63) is 107 Å². The van der Waals surface area contributed by atoms with Crippen LogP contribution >= 0.6 is 9.24 Å². The molecule has 3 heteroatoms. The van der Waals surface area contributed by atoms with Crippen LogP contribution in [0.1, 0.15) is 28.3 Å². The molecular formula is C27H31N2P. The van der Waals surface area contributed by atoms with E-state index in [2.05, 4.69) is 117 Å². The first-order chi connectivity index (χ1) is 14.7. The minimum Gasteiger partial charge on any atom is -0.297 e. The van der Waals surface area contributed by atoms with Crippen LogP contribution in [0.2, 0.25) is 0 Å². The van der Waals surface area contributed by atoms with Crippen molar-refractivity contribution in [1.29, 1.82) is 0 Å². The van der Waals surface area contributed by atoms with Crippen LogP contribution in [0.15, 0.2) is 84.9 Å². The molecule has 1 aliphatic heterocycles. The van der Waals surface area contributed by atoms with Crippen LogP contribution in [0.25, 0.3) is 6.08 Å². The number of hydrogen-bond acceptors (Lipinski definition) is 2. The first-order valence-electron chi connectivity index (χ1n) is 10.8. The molecule has 1 saturated heterocycles. The maximum Gasteiger partial charge on any atom is 0.0602 e. The van der Waals surface area contributed by atoms with E-state index in [1.54, 1.807) is 0 Å². The summed E-state index contributed by atoms with van der Waals surface area (Å²) in [5, 5.41) is 1.23. The number of rotatable bonds is 6. The van der Waals surface area contributed by atoms with Crippen LogP contribution in [0.3, 0.4) is 0 Å². The van der Waals surface area contributed by atoms with E-state index in [4.69, 9.17) is 0 Å². The lowest BCUT2D eigenvalue weighted by atomic mass is 9.95. The van der Waals surface area contributed by atoms with E-state index < -0.39 is 0 Å². The third-order valence-corrected chi connectivity index (χ3v) is 6.28. The summed E-state index contributed by atoms with van der Waals surface area (Å²) < 4.78 is 0. The van der Waals surface area contributed by atoms with E-state index in [9.17, 15) is 0 Å². The highest BCUT2D eigenvalue weighted by molar-refractivity contribution is 7.27. The molecule has 0 aliphatic carbocycles. The first kappa shape index (κ1) is 21.0. The Bertz CT molecular complexity index is 895. The standard InChI is InChI=1S/C27H31N2P/c1-22-9-11-24(12-10-22)27(25-13-15-26(30)16-14-25)29-20-18-28(19-21-29)17-5-8-23-6-3-2-4-7-23/h2-16,27H,17-21,30H2,1H3/b8-5+. The van der Waals surface area contributed by atoms with Gasteiger partial charge in [-0.2, -0.15) is 0 Å². The fraction of sp³-hybridized carbons (Fsp3) is 0.259. The maximum absolute atomic E-state index is 2.79. The molecule has 4 rings (SSSR count). The number of hydrogen-bond donors (Lipinski definition) is 0. The largest absolute Gasteiger partial charge is 0.297 e. The first-order valence-corrected chi connectivity index (χ1v) is 11.4. The summed E-state index contributed by atoms with van der Waals surface area (Å²) >= 11 is 0. The summed E-state index contributed by atoms with van der Waals surface area (Å²) in [6.45, 7) is 7.54. The minimum absolute atomic E-state index is 0.318. The zero-order chi connectivity index (χ0) is 20.8. The molecular weight excluding hydrogens is 383 g/mol. The van der Waals surface area contributed by atoms with Crippen molar-refractivity contribution in [2.24, 2.45) is 0 Å². The number of nitrogens with zero attached hydrogens (tertiary/aromatic N) is 2. The molecule has 2 unspecified atom stereocenters. The third kappa shape index (κ3) is 5.46. The van der Waals surface area contributed by atoms with E-state index in [0.717, 1.165) is 32.7 Å². The fourth-order valence-corrected chi connectivity index (χ4v) is 4.34. The molecule has 0 aromatic heterocycles. The molecule has 1 heterocycles. The van der Waals surface area contributed by atoms with E-state index >= 15 is 0 Å². The Morgan fingerprint density at radius 1 is 0.800 bits per heavy atom. The highest BCUT2D eigenvalue weighted by atomic mass is 31.0. The van der Waals surface area contributed by atoms with Gasteiger partial charge < -0.3 is 0 Å². The van der Waals surface area contributed by atoms with Gasteiger partial charge in [0.2, 0.25) is 0 Å². The van der Waals surface area contributed by atoms with Crippen LogP contribution in [-0.2, 0) is 0 Å². The second-order valence-corrected chi connectivity index (χ2v) is 8.80. The zero-order valence-electron chi connectivity index (χ0n) is 17.7. The highest BCUT2D eigenvalue weighted by Crippen LogP contribution is 2.29. The van der Waals surface area contributed by atoms with Gasteiger partial charge in [0.05, 0.1) is 6.04 Å². The van der Waals surface area contributed by atoms with Crippen LogP contribution in [-0.4, -0.2) is 42.5 Å². The molecule has 0 saturated carbocycles. The minimum atomic E-state index is 0.318. The van der Waals surface area contributed by atoms with Gasteiger partial charge in [-0.05, 0) is 28.9 Å². The highest BCUT2D eigenvalue weighted by Gasteiger charge is 2.26. The molecule has 154 valence electrons. The number of aryl methyl sites for hydroxylation is 1. The predicted molar refractivity (Wildman–Crippen MR) is 132 cm³/mol. The summed E-state index contributed by atoms with van der Waals surface area (Å²) in [5.41, 5.74) is 5.35. The molecule has 2 atom stereocenters. The van der Waals surface area contributed by atoms with Crippen molar-refractivity contribution in [2.75, 3.05) is 32.7 Å². The van der Waals surface area contributed by atoms with E-state index in [1.165, 1.54) is 27.6 Å². The van der Waals surface area contributed by atoms with Gasteiger partial charge in [-0.15, -0.1) is 9.24 Å². The summed E-state index contributed by atoms with van der Waals surface area (Å²) in [4.78, 5) is 5.19. The van der Waals surface area contributed by atoms with E-state index in [-0.39, 0.29) is 0 Å². The molecule has 1 fully saturated rings. The summed E-state index contributed by atoms with van der Waals surface area (Å²) in [7, 11) is 2.79. The lowest BCUT2D eigenvalue weighted by molar-refractivity contribution is 0.118. The molecule has 0 bridgehead atoms. The van der Waals surface area contributed by atoms with Crippen molar-refractivity contribution < 1.29 is 0 Å².